The number of aromatic nitrogens is 2. The van der Waals surface area contributed by atoms with E-state index in [1.807, 2.05) is 20.8 Å². The van der Waals surface area contributed by atoms with Gasteiger partial charge in [0, 0.05) is 12.2 Å². The van der Waals surface area contributed by atoms with Crippen LogP contribution in [0.5, 0.6) is 0 Å². The fourth-order valence-corrected chi connectivity index (χ4v) is 1.82. The average molecular weight is 211 g/mol. The molecular weight excluding hydrogens is 194 g/mol. The van der Waals surface area contributed by atoms with Crippen molar-refractivity contribution in [3.63, 3.8) is 0 Å². The molecule has 0 bridgehead atoms. The molecule has 3 N–H and O–H groups in total. The van der Waals surface area contributed by atoms with Crippen LogP contribution in [0.2, 0.25) is 0 Å². The summed E-state index contributed by atoms with van der Waals surface area (Å²) in [6, 6.07) is -0.760. The lowest BCUT2D eigenvalue weighted by Gasteiger charge is -2.12. The van der Waals surface area contributed by atoms with Crippen molar-refractivity contribution in [1.29, 1.82) is 0 Å². The van der Waals surface area contributed by atoms with E-state index in [4.69, 9.17) is 10.8 Å². The Labute approximate surface area is 88.9 Å². The fraction of sp³-hybridized carbons (Fsp3) is 0.600. The predicted octanol–water partition coefficient (Wildman–Crippen LogP) is 0.647. The molecule has 15 heavy (non-hydrogen) atoms. The minimum atomic E-state index is -0.939. The second-order valence-electron chi connectivity index (χ2n) is 3.54. The molecule has 1 heterocycles. The second kappa shape index (κ2) is 4.44. The van der Waals surface area contributed by atoms with Gasteiger partial charge in [0.15, 0.2) is 6.04 Å². The Morgan fingerprint density at radius 3 is 2.53 bits per heavy atom. The highest BCUT2D eigenvalue weighted by Gasteiger charge is 2.22. The lowest BCUT2D eigenvalue weighted by Crippen LogP contribution is -2.28. The Bertz CT molecular complexity index is 371. The molecule has 1 aromatic rings. The van der Waals surface area contributed by atoms with E-state index in [1.165, 1.54) is 4.68 Å². The molecule has 84 valence electrons. The van der Waals surface area contributed by atoms with Gasteiger partial charge in [-0.15, -0.1) is 0 Å². The molecule has 0 aliphatic rings. The van der Waals surface area contributed by atoms with Gasteiger partial charge in [0.05, 0.1) is 5.69 Å². The van der Waals surface area contributed by atoms with Gasteiger partial charge in [0.1, 0.15) is 0 Å². The van der Waals surface area contributed by atoms with Gasteiger partial charge in [-0.25, -0.2) is 4.79 Å². The summed E-state index contributed by atoms with van der Waals surface area (Å²) in [5.41, 5.74) is 8.32. The van der Waals surface area contributed by atoms with Crippen LogP contribution in [0, 0.1) is 13.8 Å². The van der Waals surface area contributed by atoms with Gasteiger partial charge in [-0.2, -0.15) is 5.10 Å². The number of carbonyl (C=O) groups is 1. The fourth-order valence-electron chi connectivity index (χ4n) is 1.82. The predicted molar refractivity (Wildman–Crippen MR) is 56.8 cm³/mol. The molecular formula is C10H17N3O2. The number of carboxylic acids is 1. The third-order valence-electron chi connectivity index (χ3n) is 2.63. The molecule has 5 heteroatoms. The van der Waals surface area contributed by atoms with Crippen molar-refractivity contribution in [1.82, 2.24) is 9.78 Å². The van der Waals surface area contributed by atoms with E-state index < -0.39 is 12.0 Å². The van der Waals surface area contributed by atoms with E-state index in [1.54, 1.807) is 0 Å². The molecule has 5 nitrogen and oxygen atoms in total. The highest BCUT2D eigenvalue weighted by Crippen LogP contribution is 2.17. The van der Waals surface area contributed by atoms with Crippen molar-refractivity contribution in [2.75, 3.05) is 6.54 Å². The summed E-state index contributed by atoms with van der Waals surface area (Å²) in [7, 11) is 0. The minimum absolute atomic E-state index is 0.0560. The summed E-state index contributed by atoms with van der Waals surface area (Å²) in [5.74, 6) is -0.939. The SMILES string of the molecule is CCc1c(C)nn(C(CN)C(=O)O)c1C. The van der Waals surface area contributed by atoms with E-state index in [2.05, 4.69) is 5.10 Å². The molecule has 1 unspecified atom stereocenters. The molecule has 0 aromatic carbocycles. The van der Waals surface area contributed by atoms with Crippen molar-refractivity contribution in [3.8, 4) is 0 Å². The van der Waals surface area contributed by atoms with Crippen LogP contribution >= 0.6 is 0 Å². The Morgan fingerprint density at radius 1 is 1.60 bits per heavy atom. The number of hydrogen-bond donors (Lipinski definition) is 2. The number of aliphatic carboxylic acids is 1. The molecule has 0 fully saturated rings. The van der Waals surface area contributed by atoms with Crippen LogP contribution in [0.1, 0.15) is 29.9 Å². The maximum absolute atomic E-state index is 11.0. The van der Waals surface area contributed by atoms with E-state index in [0.29, 0.717) is 0 Å². The first kappa shape index (κ1) is 11.7. The van der Waals surface area contributed by atoms with Crippen molar-refractivity contribution >= 4 is 5.97 Å². The number of nitrogens with zero attached hydrogens (tertiary/aromatic N) is 2. The normalized spacial score (nSPS) is 12.8. The molecule has 0 radical (unpaired) electrons. The second-order valence-corrected chi connectivity index (χ2v) is 3.54. The summed E-state index contributed by atoms with van der Waals surface area (Å²) in [5, 5.41) is 13.2. The summed E-state index contributed by atoms with van der Waals surface area (Å²) in [4.78, 5) is 11.0. The molecule has 1 rings (SSSR count). The zero-order valence-electron chi connectivity index (χ0n) is 9.32. The Hall–Kier alpha value is -1.36. The zero-order valence-corrected chi connectivity index (χ0v) is 9.32. The van der Waals surface area contributed by atoms with Crippen LogP contribution in [0.25, 0.3) is 0 Å². The van der Waals surface area contributed by atoms with Crippen molar-refractivity contribution in [2.45, 2.75) is 33.2 Å². The summed E-state index contributed by atoms with van der Waals surface area (Å²) >= 11 is 0. The quantitative estimate of drug-likeness (QED) is 0.766. The van der Waals surface area contributed by atoms with Gasteiger partial charge in [0.25, 0.3) is 0 Å². The maximum atomic E-state index is 11.0. The lowest BCUT2D eigenvalue weighted by molar-refractivity contribution is -0.140. The van der Waals surface area contributed by atoms with Gasteiger partial charge < -0.3 is 10.8 Å². The summed E-state index contributed by atoms with van der Waals surface area (Å²) < 4.78 is 1.51. The first-order valence-corrected chi connectivity index (χ1v) is 5.00. The molecule has 0 aliphatic heterocycles. The topological polar surface area (TPSA) is 81.1 Å². The van der Waals surface area contributed by atoms with Crippen molar-refractivity contribution in [2.24, 2.45) is 5.73 Å². The van der Waals surface area contributed by atoms with E-state index in [9.17, 15) is 4.79 Å². The Morgan fingerprint density at radius 2 is 2.20 bits per heavy atom. The highest BCUT2D eigenvalue weighted by molar-refractivity contribution is 5.72. The third-order valence-corrected chi connectivity index (χ3v) is 2.63. The number of nitrogens with two attached hydrogens (primary N) is 1. The lowest BCUT2D eigenvalue weighted by atomic mass is 10.1. The average Bonchev–Trinajstić information content (AvgIpc) is 2.43. The standard InChI is InChI=1S/C10H17N3O2/c1-4-8-6(2)12-13(7(8)3)9(5-11)10(14)15/h9H,4-5,11H2,1-3H3,(H,14,15). The molecule has 0 amide bonds. The van der Waals surface area contributed by atoms with E-state index in [0.717, 1.165) is 23.4 Å². The third kappa shape index (κ3) is 2.02. The van der Waals surface area contributed by atoms with E-state index in [-0.39, 0.29) is 6.54 Å². The van der Waals surface area contributed by atoms with Crippen molar-refractivity contribution < 1.29 is 9.90 Å². The largest absolute Gasteiger partial charge is 0.480 e. The molecule has 0 saturated heterocycles. The molecule has 0 aliphatic carbocycles. The maximum Gasteiger partial charge on any atom is 0.329 e. The summed E-state index contributed by atoms with van der Waals surface area (Å²) in [6.45, 7) is 5.85. The van der Waals surface area contributed by atoms with Gasteiger partial charge in [-0.3, -0.25) is 4.68 Å². The van der Waals surface area contributed by atoms with Crippen LogP contribution in [0.3, 0.4) is 0 Å². The highest BCUT2D eigenvalue weighted by atomic mass is 16.4. The first-order chi connectivity index (χ1) is 7.02. The zero-order chi connectivity index (χ0) is 11.6. The Kier molecular flexibility index (Phi) is 3.47. The van der Waals surface area contributed by atoms with Crippen LogP contribution < -0.4 is 5.73 Å². The van der Waals surface area contributed by atoms with Crippen LogP contribution in [-0.2, 0) is 11.2 Å². The molecule has 0 saturated carbocycles. The number of carboxylic acid groups (broad SMARTS) is 1. The smallest absolute Gasteiger partial charge is 0.329 e. The minimum Gasteiger partial charge on any atom is -0.480 e. The number of hydrogen-bond acceptors (Lipinski definition) is 3. The number of aryl methyl sites for hydroxylation is 1. The molecule has 1 aromatic heterocycles. The van der Waals surface area contributed by atoms with Gasteiger partial charge >= 0.3 is 5.97 Å². The van der Waals surface area contributed by atoms with Gasteiger partial charge in [-0.05, 0) is 25.8 Å². The monoisotopic (exact) mass is 211 g/mol. The Balaban J connectivity index is 3.19. The summed E-state index contributed by atoms with van der Waals surface area (Å²) in [6.07, 6.45) is 0.856. The van der Waals surface area contributed by atoms with Gasteiger partial charge in [0.2, 0.25) is 0 Å². The molecule has 1 atom stereocenters. The van der Waals surface area contributed by atoms with Crippen molar-refractivity contribution in [3.05, 3.63) is 17.0 Å². The first-order valence-electron chi connectivity index (χ1n) is 5.00. The number of rotatable bonds is 4. The molecule has 0 spiro atoms. The van der Waals surface area contributed by atoms with Crippen LogP contribution in [0.15, 0.2) is 0 Å². The van der Waals surface area contributed by atoms with E-state index >= 15 is 0 Å². The van der Waals surface area contributed by atoms with Crippen LogP contribution in [-0.4, -0.2) is 27.4 Å². The van der Waals surface area contributed by atoms with Crippen LogP contribution in [0.4, 0.5) is 0 Å². The van der Waals surface area contributed by atoms with Gasteiger partial charge in [-0.1, -0.05) is 6.92 Å².